The van der Waals surface area contributed by atoms with Gasteiger partial charge in [-0.3, -0.25) is 9.48 Å². The highest BCUT2D eigenvalue weighted by atomic mass is 16.3. The van der Waals surface area contributed by atoms with Crippen molar-refractivity contribution in [1.29, 1.82) is 0 Å². The van der Waals surface area contributed by atoms with E-state index in [4.69, 9.17) is 9.52 Å². The molecule has 1 saturated heterocycles. The second-order valence-corrected chi connectivity index (χ2v) is 10.4. The number of amides is 1. The van der Waals surface area contributed by atoms with E-state index in [0.29, 0.717) is 17.7 Å². The van der Waals surface area contributed by atoms with E-state index in [1.54, 1.807) is 11.2 Å². The van der Waals surface area contributed by atoms with Gasteiger partial charge in [-0.05, 0) is 63.6 Å². The highest BCUT2D eigenvalue weighted by Crippen LogP contribution is 2.35. The fourth-order valence-electron chi connectivity index (χ4n) is 5.97. The molecule has 2 aromatic heterocycles. The summed E-state index contributed by atoms with van der Waals surface area (Å²) in [5.41, 5.74) is 5.20. The summed E-state index contributed by atoms with van der Waals surface area (Å²) in [6, 6.07) is 14.9. The van der Waals surface area contributed by atoms with Gasteiger partial charge in [-0.2, -0.15) is 5.10 Å². The molecule has 6 nitrogen and oxygen atoms in total. The SMILES string of the molecule is CCn1nc(C)c(C[NH+]2CCC(C(Cc3ccccc3)N(C(=O)c3ccco3)C3CC3)CC2)c1C. The standard InChI is InChI=1S/C29H38N4O2/c1-4-32-22(3)26(21(2)30-32)20-31-16-14-24(15-17-31)27(19-23-9-6-5-7-10-23)33(25-12-13-25)29(34)28-11-8-18-35-28/h5-11,18,24-25,27H,4,12-17,19-20H2,1-3H3/p+1. The molecule has 0 radical (unpaired) electrons. The summed E-state index contributed by atoms with van der Waals surface area (Å²) in [4.78, 5) is 17.4. The van der Waals surface area contributed by atoms with Crippen LogP contribution < -0.4 is 4.90 Å². The van der Waals surface area contributed by atoms with Crippen molar-refractivity contribution < 1.29 is 14.1 Å². The maximum Gasteiger partial charge on any atom is 0.290 e. The van der Waals surface area contributed by atoms with Crippen molar-refractivity contribution >= 4 is 5.91 Å². The van der Waals surface area contributed by atoms with Crippen molar-refractivity contribution in [2.24, 2.45) is 5.92 Å². The number of aryl methyl sites for hydroxylation is 2. The number of nitrogens with zero attached hydrogens (tertiary/aromatic N) is 3. The monoisotopic (exact) mass is 475 g/mol. The molecule has 2 aliphatic rings. The second-order valence-electron chi connectivity index (χ2n) is 10.4. The summed E-state index contributed by atoms with van der Waals surface area (Å²) in [7, 11) is 0. The number of rotatable bonds is 9. The van der Waals surface area contributed by atoms with E-state index in [9.17, 15) is 4.79 Å². The van der Waals surface area contributed by atoms with Crippen LogP contribution in [0.1, 0.15) is 65.7 Å². The zero-order valence-corrected chi connectivity index (χ0v) is 21.4. The second kappa shape index (κ2) is 10.4. The lowest BCUT2D eigenvalue weighted by Gasteiger charge is -2.40. The van der Waals surface area contributed by atoms with Gasteiger partial charge in [-0.25, -0.2) is 0 Å². The number of benzene rings is 1. The molecule has 186 valence electrons. The average Bonchev–Trinajstić information content (AvgIpc) is 3.48. The largest absolute Gasteiger partial charge is 0.459 e. The molecule has 1 unspecified atom stereocenters. The smallest absolute Gasteiger partial charge is 0.290 e. The molecule has 1 aromatic carbocycles. The third-order valence-corrected chi connectivity index (χ3v) is 8.09. The molecule has 1 N–H and O–H groups in total. The highest BCUT2D eigenvalue weighted by Gasteiger charge is 2.43. The Hall–Kier alpha value is -2.86. The molecular weight excluding hydrogens is 436 g/mol. The minimum Gasteiger partial charge on any atom is -0.459 e. The summed E-state index contributed by atoms with van der Waals surface area (Å²) in [5.74, 6) is 1.03. The van der Waals surface area contributed by atoms with Crippen molar-refractivity contribution in [3.05, 3.63) is 77.0 Å². The molecule has 1 aliphatic carbocycles. The van der Waals surface area contributed by atoms with E-state index in [0.717, 1.165) is 58.3 Å². The quantitative estimate of drug-likeness (QED) is 0.512. The Morgan fingerprint density at radius 1 is 1.11 bits per heavy atom. The Morgan fingerprint density at radius 3 is 2.46 bits per heavy atom. The van der Waals surface area contributed by atoms with Crippen molar-refractivity contribution in [1.82, 2.24) is 14.7 Å². The van der Waals surface area contributed by atoms with Crippen LogP contribution in [0.4, 0.5) is 0 Å². The minimum atomic E-state index is 0.0615. The van der Waals surface area contributed by atoms with Gasteiger partial charge in [0.05, 0.1) is 25.0 Å². The third kappa shape index (κ3) is 5.22. The maximum absolute atomic E-state index is 13.6. The van der Waals surface area contributed by atoms with Crippen LogP contribution in [0.15, 0.2) is 53.1 Å². The molecule has 1 saturated carbocycles. The highest BCUT2D eigenvalue weighted by molar-refractivity contribution is 5.92. The normalized spacial score (nSPS) is 21.1. The minimum absolute atomic E-state index is 0.0615. The Kier molecular flexibility index (Phi) is 7.09. The number of quaternary nitrogens is 1. The van der Waals surface area contributed by atoms with E-state index in [-0.39, 0.29) is 11.9 Å². The number of nitrogens with one attached hydrogen (secondary N) is 1. The first-order chi connectivity index (χ1) is 17.0. The molecule has 1 aliphatic heterocycles. The van der Waals surface area contributed by atoms with Crippen molar-refractivity contribution in [3.63, 3.8) is 0 Å². The zero-order chi connectivity index (χ0) is 24.4. The van der Waals surface area contributed by atoms with Crippen LogP contribution in [0.25, 0.3) is 0 Å². The number of carbonyl (C=O) groups excluding carboxylic acids is 1. The number of furan rings is 1. The van der Waals surface area contributed by atoms with Gasteiger partial charge >= 0.3 is 0 Å². The van der Waals surface area contributed by atoms with Crippen LogP contribution in [-0.2, 0) is 19.5 Å². The molecule has 1 amide bonds. The molecule has 3 heterocycles. The van der Waals surface area contributed by atoms with E-state index in [1.807, 2.05) is 12.1 Å². The molecule has 2 fully saturated rings. The number of carbonyl (C=O) groups is 1. The van der Waals surface area contributed by atoms with Crippen LogP contribution in [0, 0.1) is 19.8 Å². The summed E-state index contributed by atoms with van der Waals surface area (Å²) in [6.45, 7) is 10.7. The van der Waals surface area contributed by atoms with Crippen molar-refractivity contribution in [3.8, 4) is 0 Å². The first-order valence-electron chi connectivity index (χ1n) is 13.3. The van der Waals surface area contributed by atoms with Gasteiger partial charge in [0.25, 0.3) is 5.91 Å². The summed E-state index contributed by atoms with van der Waals surface area (Å²) in [5, 5.41) is 4.73. The lowest BCUT2D eigenvalue weighted by Crippen LogP contribution is -3.12. The number of aromatic nitrogens is 2. The van der Waals surface area contributed by atoms with Gasteiger partial charge in [-0.15, -0.1) is 0 Å². The predicted octanol–water partition coefficient (Wildman–Crippen LogP) is 3.82. The van der Waals surface area contributed by atoms with Crippen molar-refractivity contribution in [2.75, 3.05) is 13.1 Å². The van der Waals surface area contributed by atoms with Gasteiger partial charge < -0.3 is 14.2 Å². The van der Waals surface area contributed by atoms with Gasteiger partial charge in [0, 0.05) is 42.7 Å². The Labute approximate surface area is 208 Å². The maximum atomic E-state index is 13.6. The van der Waals surface area contributed by atoms with Crippen LogP contribution in [-0.4, -0.2) is 45.8 Å². The van der Waals surface area contributed by atoms with Crippen LogP contribution in [0.3, 0.4) is 0 Å². The van der Waals surface area contributed by atoms with E-state index >= 15 is 0 Å². The molecule has 1 atom stereocenters. The van der Waals surface area contributed by atoms with Gasteiger partial charge in [-0.1, -0.05) is 30.3 Å². The van der Waals surface area contributed by atoms with E-state index < -0.39 is 0 Å². The van der Waals surface area contributed by atoms with Gasteiger partial charge in [0.15, 0.2) is 5.76 Å². The number of piperidine rings is 1. The average molecular weight is 476 g/mol. The lowest BCUT2D eigenvalue weighted by molar-refractivity contribution is -0.920. The van der Waals surface area contributed by atoms with E-state index in [1.165, 1.54) is 22.5 Å². The molecule has 6 heteroatoms. The fourth-order valence-corrected chi connectivity index (χ4v) is 5.97. The molecular formula is C29H39N4O2+. The number of likely N-dealkylation sites (tertiary alicyclic amines) is 1. The molecule has 5 rings (SSSR count). The number of hydrogen-bond acceptors (Lipinski definition) is 3. The fraction of sp³-hybridized carbons (Fsp3) is 0.517. The Balaban J connectivity index is 1.33. The molecule has 0 spiro atoms. The third-order valence-electron chi connectivity index (χ3n) is 8.09. The van der Waals surface area contributed by atoms with Gasteiger partial charge in [0.2, 0.25) is 0 Å². The van der Waals surface area contributed by atoms with E-state index in [2.05, 4.69) is 60.7 Å². The first kappa shape index (κ1) is 23.9. The molecule has 35 heavy (non-hydrogen) atoms. The van der Waals surface area contributed by atoms with Crippen LogP contribution in [0.2, 0.25) is 0 Å². The molecule has 3 aromatic rings. The summed E-state index contributed by atoms with van der Waals surface area (Å²) >= 11 is 0. The van der Waals surface area contributed by atoms with Gasteiger partial charge in [0.1, 0.15) is 6.54 Å². The topological polar surface area (TPSA) is 55.7 Å². The number of hydrogen-bond donors (Lipinski definition) is 1. The first-order valence-corrected chi connectivity index (χ1v) is 13.3. The zero-order valence-electron chi connectivity index (χ0n) is 21.4. The summed E-state index contributed by atoms with van der Waals surface area (Å²) < 4.78 is 7.68. The van der Waals surface area contributed by atoms with Crippen LogP contribution in [0.5, 0.6) is 0 Å². The van der Waals surface area contributed by atoms with Crippen molar-refractivity contribution in [2.45, 2.75) is 78.0 Å². The predicted molar refractivity (Wildman–Crippen MR) is 136 cm³/mol. The van der Waals surface area contributed by atoms with Crippen LogP contribution >= 0.6 is 0 Å². The summed E-state index contributed by atoms with van der Waals surface area (Å²) in [6.07, 6.45) is 6.99. The lowest BCUT2D eigenvalue weighted by atomic mass is 9.84. The molecule has 0 bridgehead atoms. The Morgan fingerprint density at radius 2 is 1.86 bits per heavy atom. The Bertz CT molecular complexity index is 1110.